The molecule has 0 unspecified atom stereocenters. The van der Waals surface area contributed by atoms with E-state index < -0.39 is 11.6 Å². The van der Waals surface area contributed by atoms with E-state index in [1.165, 1.54) is 23.9 Å². The zero-order chi connectivity index (χ0) is 14.5. The van der Waals surface area contributed by atoms with Crippen LogP contribution in [0, 0.1) is 11.6 Å². The standard InChI is InChI=1S/C15H11BrF2OS/c16-11-4-2-5-13(8-11)20-9-12(19)7-10-3-1-6-14(17)15(10)18/h1-6,8H,7,9H2. The van der Waals surface area contributed by atoms with Crippen LogP contribution in [0.4, 0.5) is 8.78 Å². The molecule has 2 aromatic carbocycles. The van der Waals surface area contributed by atoms with Crippen molar-refractivity contribution in [2.24, 2.45) is 0 Å². The maximum Gasteiger partial charge on any atom is 0.162 e. The Balaban J connectivity index is 1.94. The second-order valence-corrected chi connectivity index (χ2v) is 6.14. The molecule has 0 aliphatic heterocycles. The van der Waals surface area contributed by atoms with E-state index in [9.17, 15) is 13.6 Å². The van der Waals surface area contributed by atoms with Crippen LogP contribution < -0.4 is 0 Å². The van der Waals surface area contributed by atoms with E-state index in [-0.39, 0.29) is 23.5 Å². The molecule has 0 aliphatic rings. The fraction of sp³-hybridized carbons (Fsp3) is 0.133. The molecule has 104 valence electrons. The molecule has 0 spiro atoms. The third kappa shape index (κ3) is 4.15. The average Bonchev–Trinajstić information content (AvgIpc) is 2.42. The van der Waals surface area contributed by atoms with Crippen molar-refractivity contribution >= 4 is 33.5 Å². The zero-order valence-corrected chi connectivity index (χ0v) is 12.8. The van der Waals surface area contributed by atoms with Gasteiger partial charge in [0.05, 0.1) is 5.75 Å². The van der Waals surface area contributed by atoms with Gasteiger partial charge < -0.3 is 0 Å². The van der Waals surface area contributed by atoms with Crippen LogP contribution in [0.2, 0.25) is 0 Å². The van der Waals surface area contributed by atoms with Gasteiger partial charge in [-0.1, -0.05) is 34.1 Å². The summed E-state index contributed by atoms with van der Waals surface area (Å²) in [5, 5.41) is 0. The Morgan fingerprint density at radius 3 is 2.65 bits per heavy atom. The van der Waals surface area contributed by atoms with Crippen molar-refractivity contribution in [1.82, 2.24) is 0 Å². The summed E-state index contributed by atoms with van der Waals surface area (Å²) in [4.78, 5) is 12.8. The molecular formula is C15H11BrF2OS. The van der Waals surface area contributed by atoms with Crippen molar-refractivity contribution in [2.75, 3.05) is 5.75 Å². The van der Waals surface area contributed by atoms with Gasteiger partial charge >= 0.3 is 0 Å². The first-order chi connectivity index (χ1) is 9.56. The predicted octanol–water partition coefficient (Wildman–Crippen LogP) is 4.63. The van der Waals surface area contributed by atoms with E-state index in [0.29, 0.717) is 0 Å². The van der Waals surface area contributed by atoms with Gasteiger partial charge in [-0.15, -0.1) is 11.8 Å². The maximum absolute atomic E-state index is 13.4. The fourth-order valence-corrected chi connectivity index (χ4v) is 3.03. The Bertz CT molecular complexity index is 631. The highest BCUT2D eigenvalue weighted by molar-refractivity contribution is 9.10. The lowest BCUT2D eigenvalue weighted by atomic mass is 10.1. The first kappa shape index (κ1) is 15.2. The molecule has 0 saturated carbocycles. The molecule has 0 N–H and O–H groups in total. The summed E-state index contributed by atoms with van der Waals surface area (Å²) in [6.07, 6.45) is -0.0927. The lowest BCUT2D eigenvalue weighted by Gasteiger charge is -2.04. The molecule has 2 aromatic rings. The Morgan fingerprint density at radius 2 is 1.90 bits per heavy atom. The average molecular weight is 357 g/mol. The van der Waals surface area contributed by atoms with Gasteiger partial charge in [0.15, 0.2) is 11.6 Å². The predicted molar refractivity (Wildman–Crippen MR) is 79.9 cm³/mol. The summed E-state index contributed by atoms with van der Waals surface area (Å²) in [5.74, 6) is -1.77. The Kier molecular flexibility index (Phi) is 5.31. The largest absolute Gasteiger partial charge is 0.298 e. The number of benzene rings is 2. The minimum absolute atomic E-state index is 0.0927. The molecule has 0 bridgehead atoms. The summed E-state index contributed by atoms with van der Waals surface area (Å²) < 4.78 is 27.4. The van der Waals surface area contributed by atoms with Gasteiger partial charge in [0, 0.05) is 15.8 Å². The number of ketones is 1. The second-order valence-electron chi connectivity index (χ2n) is 4.17. The summed E-state index contributed by atoms with van der Waals surface area (Å²) in [6, 6.07) is 11.4. The third-order valence-electron chi connectivity index (χ3n) is 2.62. The molecular weight excluding hydrogens is 346 g/mol. The number of carbonyl (C=O) groups excluding carboxylic acids is 1. The molecule has 0 heterocycles. The Hall–Kier alpha value is -1.20. The van der Waals surface area contributed by atoms with E-state index in [1.54, 1.807) is 0 Å². The maximum atomic E-state index is 13.4. The molecule has 5 heteroatoms. The number of halogens is 3. The van der Waals surface area contributed by atoms with Crippen LogP contribution in [-0.4, -0.2) is 11.5 Å². The van der Waals surface area contributed by atoms with E-state index >= 15 is 0 Å². The van der Waals surface area contributed by atoms with Crippen molar-refractivity contribution < 1.29 is 13.6 Å². The lowest BCUT2D eigenvalue weighted by Crippen LogP contribution is -2.08. The van der Waals surface area contributed by atoms with Crippen LogP contribution in [0.3, 0.4) is 0 Å². The summed E-state index contributed by atoms with van der Waals surface area (Å²) in [5.41, 5.74) is 0.102. The number of carbonyl (C=O) groups is 1. The van der Waals surface area contributed by atoms with Crippen LogP contribution in [0.5, 0.6) is 0 Å². The molecule has 0 radical (unpaired) electrons. The summed E-state index contributed by atoms with van der Waals surface area (Å²) >= 11 is 4.73. The summed E-state index contributed by atoms with van der Waals surface area (Å²) in [6.45, 7) is 0. The minimum atomic E-state index is -0.937. The highest BCUT2D eigenvalue weighted by Crippen LogP contribution is 2.22. The SMILES string of the molecule is O=C(CSc1cccc(Br)c1)Cc1cccc(F)c1F. The number of hydrogen-bond acceptors (Lipinski definition) is 2. The topological polar surface area (TPSA) is 17.1 Å². The molecule has 20 heavy (non-hydrogen) atoms. The van der Waals surface area contributed by atoms with Crippen molar-refractivity contribution in [3.8, 4) is 0 Å². The van der Waals surface area contributed by atoms with Crippen LogP contribution in [0.25, 0.3) is 0 Å². The van der Waals surface area contributed by atoms with Gasteiger partial charge in [-0.25, -0.2) is 8.78 Å². The third-order valence-corrected chi connectivity index (χ3v) is 4.16. The van der Waals surface area contributed by atoms with Gasteiger partial charge in [0.1, 0.15) is 5.78 Å². The normalized spacial score (nSPS) is 10.6. The molecule has 2 rings (SSSR count). The van der Waals surface area contributed by atoms with Crippen LogP contribution in [0.1, 0.15) is 5.56 Å². The van der Waals surface area contributed by atoms with Gasteiger partial charge in [0.25, 0.3) is 0 Å². The van der Waals surface area contributed by atoms with E-state index in [4.69, 9.17) is 0 Å². The first-order valence-electron chi connectivity index (χ1n) is 5.89. The summed E-state index contributed by atoms with van der Waals surface area (Å²) in [7, 11) is 0. The van der Waals surface area contributed by atoms with Gasteiger partial charge in [-0.05, 0) is 29.8 Å². The highest BCUT2D eigenvalue weighted by Gasteiger charge is 2.12. The van der Waals surface area contributed by atoms with E-state index in [0.717, 1.165) is 15.4 Å². The van der Waals surface area contributed by atoms with Crippen molar-refractivity contribution in [3.63, 3.8) is 0 Å². The van der Waals surface area contributed by atoms with Gasteiger partial charge in [-0.3, -0.25) is 4.79 Å². The fourth-order valence-electron chi connectivity index (χ4n) is 1.67. The van der Waals surface area contributed by atoms with Crippen LogP contribution in [0.15, 0.2) is 51.8 Å². The molecule has 0 aromatic heterocycles. The number of Topliss-reactive ketones (excluding diaryl/α,β-unsaturated/α-hetero) is 1. The number of thioether (sulfide) groups is 1. The molecule has 1 nitrogen and oxygen atoms in total. The molecule has 0 fully saturated rings. The second kappa shape index (κ2) is 6.99. The monoisotopic (exact) mass is 356 g/mol. The number of rotatable bonds is 5. The highest BCUT2D eigenvalue weighted by atomic mass is 79.9. The zero-order valence-electron chi connectivity index (χ0n) is 10.4. The smallest absolute Gasteiger partial charge is 0.162 e. The molecule has 0 atom stereocenters. The molecule has 0 aliphatic carbocycles. The lowest BCUT2D eigenvalue weighted by molar-refractivity contribution is -0.116. The first-order valence-corrected chi connectivity index (χ1v) is 7.67. The quantitative estimate of drug-likeness (QED) is 0.726. The molecule has 0 amide bonds. The van der Waals surface area contributed by atoms with Gasteiger partial charge in [-0.2, -0.15) is 0 Å². The van der Waals surface area contributed by atoms with Crippen LogP contribution >= 0.6 is 27.7 Å². The van der Waals surface area contributed by atoms with Crippen molar-refractivity contribution in [2.45, 2.75) is 11.3 Å². The van der Waals surface area contributed by atoms with Crippen molar-refractivity contribution in [3.05, 3.63) is 64.1 Å². The minimum Gasteiger partial charge on any atom is -0.298 e. The van der Waals surface area contributed by atoms with Crippen molar-refractivity contribution in [1.29, 1.82) is 0 Å². The number of hydrogen-bond donors (Lipinski definition) is 0. The van der Waals surface area contributed by atoms with Crippen LogP contribution in [-0.2, 0) is 11.2 Å². The van der Waals surface area contributed by atoms with Gasteiger partial charge in [0.2, 0.25) is 0 Å². The van der Waals surface area contributed by atoms with E-state index in [2.05, 4.69) is 15.9 Å². The van der Waals surface area contributed by atoms with E-state index in [1.807, 2.05) is 24.3 Å². The Labute approximate surface area is 128 Å². The Morgan fingerprint density at radius 1 is 1.15 bits per heavy atom. The molecule has 0 saturated heterocycles.